The van der Waals surface area contributed by atoms with Crippen LogP contribution >= 0.6 is 0 Å². The van der Waals surface area contributed by atoms with Gasteiger partial charge in [0.25, 0.3) is 0 Å². The zero-order valence-electron chi connectivity index (χ0n) is 11.2. The Balaban J connectivity index is 2.43. The largest absolute Gasteiger partial charge is 0.352 e. The number of rotatable bonds is 4. The van der Waals surface area contributed by atoms with Gasteiger partial charge < -0.3 is 11.1 Å². The average Bonchev–Trinajstić information content (AvgIpc) is 2.27. The van der Waals surface area contributed by atoms with Gasteiger partial charge >= 0.3 is 0 Å². The summed E-state index contributed by atoms with van der Waals surface area (Å²) in [5, 5.41) is 2.89. The summed E-state index contributed by atoms with van der Waals surface area (Å²) in [5.41, 5.74) is 5.76. The quantitative estimate of drug-likeness (QED) is 0.725. The molecule has 0 saturated carbocycles. The predicted octanol–water partition coefficient (Wildman–Crippen LogP) is -0.490. The number of carbonyl (C=O) groups excluding carboxylic acids is 1. The van der Waals surface area contributed by atoms with Crippen molar-refractivity contribution in [2.45, 2.75) is 38.8 Å². The Morgan fingerprint density at radius 1 is 1.33 bits per heavy atom. The Labute approximate surface area is 109 Å². The van der Waals surface area contributed by atoms with E-state index >= 15 is 0 Å². The molecule has 0 aliphatic carbocycles. The number of hydrogen-bond donors (Lipinski definition) is 2. The minimum atomic E-state index is -3.11. The van der Waals surface area contributed by atoms with Gasteiger partial charge in [-0.25, -0.2) is 12.7 Å². The third kappa shape index (κ3) is 4.22. The number of sulfonamides is 1. The first-order chi connectivity index (χ1) is 8.21. The molecule has 3 N–H and O–H groups in total. The van der Waals surface area contributed by atoms with Crippen LogP contribution in [0.4, 0.5) is 0 Å². The maximum Gasteiger partial charge on any atom is 0.237 e. The van der Waals surface area contributed by atoms with Crippen molar-refractivity contribution in [2.75, 3.05) is 19.3 Å². The topological polar surface area (TPSA) is 92.5 Å². The zero-order chi connectivity index (χ0) is 13.9. The lowest BCUT2D eigenvalue weighted by Crippen LogP contribution is -2.51. The highest BCUT2D eigenvalue weighted by molar-refractivity contribution is 7.88. The van der Waals surface area contributed by atoms with Crippen LogP contribution in [0.5, 0.6) is 0 Å². The van der Waals surface area contributed by atoms with Crippen molar-refractivity contribution in [3.8, 4) is 0 Å². The maximum atomic E-state index is 11.8. The van der Waals surface area contributed by atoms with Crippen LogP contribution in [-0.2, 0) is 14.8 Å². The number of amides is 1. The Bertz CT molecular complexity index is 386. The number of hydrogen-bond acceptors (Lipinski definition) is 4. The molecule has 1 rings (SSSR count). The van der Waals surface area contributed by atoms with Crippen LogP contribution in [0.1, 0.15) is 26.7 Å². The molecule has 18 heavy (non-hydrogen) atoms. The molecule has 1 saturated heterocycles. The van der Waals surface area contributed by atoms with Crippen molar-refractivity contribution >= 4 is 15.9 Å². The lowest BCUT2D eigenvalue weighted by molar-refractivity contribution is -0.124. The fraction of sp³-hybridized carbons (Fsp3) is 0.909. The van der Waals surface area contributed by atoms with Gasteiger partial charge in [0.15, 0.2) is 0 Å². The van der Waals surface area contributed by atoms with Gasteiger partial charge in [0.2, 0.25) is 15.9 Å². The standard InChI is InChI=1S/C11H23N3O3S/c1-8(2)10(12)11(15)13-9-4-6-14(7-5-9)18(3,16)17/h8-10H,4-7,12H2,1-3H3,(H,13,15)/t10-/m1/s1. The molecule has 0 radical (unpaired) electrons. The Kier molecular flexibility index (Phi) is 5.12. The van der Waals surface area contributed by atoms with E-state index in [2.05, 4.69) is 5.32 Å². The van der Waals surface area contributed by atoms with Crippen molar-refractivity contribution in [1.29, 1.82) is 0 Å². The maximum absolute atomic E-state index is 11.8. The van der Waals surface area contributed by atoms with Crippen LogP contribution in [-0.4, -0.2) is 50.1 Å². The molecule has 106 valence electrons. The Morgan fingerprint density at radius 3 is 2.22 bits per heavy atom. The molecule has 7 heteroatoms. The number of nitrogens with one attached hydrogen (secondary N) is 1. The van der Waals surface area contributed by atoms with Crippen molar-refractivity contribution in [3.05, 3.63) is 0 Å². The molecule has 0 aromatic rings. The van der Waals surface area contributed by atoms with E-state index in [1.165, 1.54) is 10.6 Å². The second-order valence-electron chi connectivity index (χ2n) is 5.21. The summed E-state index contributed by atoms with van der Waals surface area (Å²) in [5.74, 6) is -0.0519. The monoisotopic (exact) mass is 277 g/mol. The van der Waals surface area contributed by atoms with Gasteiger partial charge in [-0.2, -0.15) is 0 Å². The SMILES string of the molecule is CC(C)[C@@H](N)C(=O)NC1CCN(S(C)(=O)=O)CC1. The van der Waals surface area contributed by atoms with Gasteiger partial charge in [0.05, 0.1) is 12.3 Å². The molecule has 0 bridgehead atoms. The van der Waals surface area contributed by atoms with Crippen LogP contribution in [0.25, 0.3) is 0 Å². The molecule has 0 unspecified atom stereocenters. The fourth-order valence-corrected chi connectivity index (χ4v) is 2.81. The van der Waals surface area contributed by atoms with Gasteiger partial charge in [-0.1, -0.05) is 13.8 Å². The van der Waals surface area contributed by atoms with E-state index in [9.17, 15) is 13.2 Å². The molecule has 0 aromatic carbocycles. The number of carbonyl (C=O) groups is 1. The highest BCUT2D eigenvalue weighted by atomic mass is 32.2. The summed E-state index contributed by atoms with van der Waals surface area (Å²) in [6.45, 7) is 4.72. The van der Waals surface area contributed by atoms with E-state index in [-0.39, 0.29) is 17.9 Å². The van der Waals surface area contributed by atoms with Crippen LogP contribution in [0, 0.1) is 5.92 Å². The summed E-state index contributed by atoms with van der Waals surface area (Å²) in [6, 6.07) is -0.474. The molecule has 0 spiro atoms. The molecular formula is C11H23N3O3S. The van der Waals surface area contributed by atoms with Crippen molar-refractivity contribution in [1.82, 2.24) is 9.62 Å². The molecular weight excluding hydrogens is 254 g/mol. The van der Waals surface area contributed by atoms with Crippen LogP contribution in [0.2, 0.25) is 0 Å². The van der Waals surface area contributed by atoms with E-state index in [1.54, 1.807) is 0 Å². The van der Waals surface area contributed by atoms with E-state index in [0.29, 0.717) is 25.9 Å². The van der Waals surface area contributed by atoms with E-state index in [1.807, 2.05) is 13.8 Å². The summed E-state index contributed by atoms with van der Waals surface area (Å²) < 4.78 is 24.1. The van der Waals surface area contributed by atoms with Gasteiger partial charge in [-0.3, -0.25) is 4.79 Å². The highest BCUT2D eigenvalue weighted by Gasteiger charge is 2.27. The number of nitrogens with zero attached hydrogens (tertiary/aromatic N) is 1. The van der Waals surface area contributed by atoms with Crippen molar-refractivity contribution < 1.29 is 13.2 Å². The first-order valence-corrected chi connectivity index (χ1v) is 8.07. The third-order valence-corrected chi connectivity index (χ3v) is 4.59. The predicted molar refractivity (Wildman–Crippen MR) is 70.4 cm³/mol. The third-order valence-electron chi connectivity index (χ3n) is 3.29. The van der Waals surface area contributed by atoms with Crippen LogP contribution in [0.3, 0.4) is 0 Å². The first-order valence-electron chi connectivity index (χ1n) is 6.23. The van der Waals surface area contributed by atoms with Gasteiger partial charge in [-0.15, -0.1) is 0 Å². The van der Waals surface area contributed by atoms with Crippen molar-refractivity contribution in [2.24, 2.45) is 11.7 Å². The normalized spacial score (nSPS) is 20.9. The molecule has 0 aromatic heterocycles. The summed E-state index contributed by atoms with van der Waals surface area (Å²) in [7, 11) is -3.11. The van der Waals surface area contributed by atoms with E-state index in [0.717, 1.165) is 0 Å². The first kappa shape index (κ1) is 15.4. The zero-order valence-corrected chi connectivity index (χ0v) is 12.0. The number of nitrogens with two attached hydrogens (primary N) is 1. The summed E-state index contributed by atoms with van der Waals surface area (Å²) in [6.07, 6.45) is 2.49. The van der Waals surface area contributed by atoms with E-state index < -0.39 is 16.1 Å². The summed E-state index contributed by atoms with van der Waals surface area (Å²) >= 11 is 0. The minimum Gasteiger partial charge on any atom is -0.352 e. The van der Waals surface area contributed by atoms with Gasteiger partial charge in [-0.05, 0) is 18.8 Å². The fourth-order valence-electron chi connectivity index (χ4n) is 1.93. The Morgan fingerprint density at radius 2 is 1.83 bits per heavy atom. The van der Waals surface area contributed by atoms with Crippen LogP contribution < -0.4 is 11.1 Å². The second-order valence-corrected chi connectivity index (χ2v) is 7.20. The summed E-state index contributed by atoms with van der Waals surface area (Å²) in [4.78, 5) is 11.8. The highest BCUT2D eigenvalue weighted by Crippen LogP contribution is 2.13. The Hall–Kier alpha value is -0.660. The van der Waals surface area contributed by atoms with Gasteiger partial charge in [0.1, 0.15) is 0 Å². The molecule has 1 heterocycles. The second kappa shape index (κ2) is 5.99. The van der Waals surface area contributed by atoms with Crippen molar-refractivity contribution in [3.63, 3.8) is 0 Å². The smallest absolute Gasteiger partial charge is 0.237 e. The lowest BCUT2D eigenvalue weighted by atomic mass is 10.0. The molecule has 1 aliphatic heterocycles. The molecule has 1 atom stereocenters. The molecule has 1 fully saturated rings. The van der Waals surface area contributed by atoms with Gasteiger partial charge in [0, 0.05) is 19.1 Å². The molecule has 6 nitrogen and oxygen atoms in total. The minimum absolute atomic E-state index is 0.0281. The van der Waals surface area contributed by atoms with E-state index in [4.69, 9.17) is 5.73 Å². The lowest BCUT2D eigenvalue weighted by Gasteiger charge is -2.31. The molecule has 1 aliphatic rings. The number of piperidine rings is 1. The molecule has 1 amide bonds. The van der Waals surface area contributed by atoms with Crippen LogP contribution in [0.15, 0.2) is 0 Å². The average molecular weight is 277 g/mol.